The summed E-state index contributed by atoms with van der Waals surface area (Å²) in [6.07, 6.45) is 1.81. The molecule has 3 aromatic rings. The van der Waals surface area contributed by atoms with Gasteiger partial charge in [-0.15, -0.1) is 0 Å². The van der Waals surface area contributed by atoms with Crippen LogP contribution < -0.4 is 9.64 Å². The minimum atomic E-state index is -0.287. The monoisotopic (exact) mass is 421 g/mol. The molecular formula is C23H16FNO2S2. The van der Waals surface area contributed by atoms with Crippen molar-refractivity contribution >= 4 is 46.0 Å². The molecule has 1 saturated heterocycles. The molecule has 1 amide bonds. The molecule has 0 aromatic heterocycles. The van der Waals surface area contributed by atoms with Gasteiger partial charge in [0.1, 0.15) is 18.2 Å². The Morgan fingerprint density at radius 2 is 1.66 bits per heavy atom. The van der Waals surface area contributed by atoms with Crippen molar-refractivity contribution in [1.82, 2.24) is 0 Å². The zero-order chi connectivity index (χ0) is 20.2. The summed E-state index contributed by atoms with van der Waals surface area (Å²) in [7, 11) is 0. The van der Waals surface area contributed by atoms with Crippen molar-refractivity contribution in [2.24, 2.45) is 0 Å². The fourth-order valence-corrected chi connectivity index (χ4v) is 4.15. The summed E-state index contributed by atoms with van der Waals surface area (Å²) in [6.45, 7) is 0.155. The highest BCUT2D eigenvalue weighted by molar-refractivity contribution is 8.27. The van der Waals surface area contributed by atoms with Gasteiger partial charge in [-0.1, -0.05) is 72.5 Å². The van der Waals surface area contributed by atoms with E-state index in [-0.39, 0.29) is 18.3 Å². The third kappa shape index (κ3) is 4.39. The summed E-state index contributed by atoms with van der Waals surface area (Å²) in [6, 6.07) is 23.2. The van der Waals surface area contributed by atoms with Crippen LogP contribution >= 0.6 is 24.0 Å². The van der Waals surface area contributed by atoms with Crippen molar-refractivity contribution in [3.8, 4) is 5.75 Å². The van der Waals surface area contributed by atoms with Gasteiger partial charge >= 0.3 is 0 Å². The molecule has 0 saturated carbocycles. The lowest BCUT2D eigenvalue weighted by Gasteiger charge is -2.13. The van der Waals surface area contributed by atoms with Crippen LogP contribution in [0.3, 0.4) is 0 Å². The molecule has 1 aliphatic rings. The van der Waals surface area contributed by atoms with Gasteiger partial charge in [0.05, 0.1) is 10.6 Å². The first kappa shape index (κ1) is 19.4. The average molecular weight is 422 g/mol. The van der Waals surface area contributed by atoms with Gasteiger partial charge in [-0.3, -0.25) is 9.69 Å². The molecule has 0 atom stereocenters. The molecule has 0 aliphatic carbocycles. The van der Waals surface area contributed by atoms with Gasteiger partial charge in [0.15, 0.2) is 4.32 Å². The number of benzene rings is 3. The highest BCUT2D eigenvalue weighted by Gasteiger charge is 2.33. The van der Waals surface area contributed by atoms with E-state index in [4.69, 9.17) is 17.0 Å². The number of anilines is 1. The topological polar surface area (TPSA) is 29.5 Å². The largest absolute Gasteiger partial charge is 0.489 e. The number of nitrogens with zero attached hydrogens (tertiary/aromatic N) is 1. The maximum atomic E-state index is 13.7. The first-order valence-corrected chi connectivity index (χ1v) is 10.1. The van der Waals surface area contributed by atoms with E-state index in [1.165, 1.54) is 22.7 Å². The summed E-state index contributed by atoms with van der Waals surface area (Å²) in [5, 5.41) is 0. The third-order valence-corrected chi connectivity index (χ3v) is 5.64. The standard InChI is InChI=1S/C23H16FNO2S2/c24-20-9-5-4-6-17(20)15-27-19-12-10-16(11-13-19)14-21-22(26)25(23(28)29-21)18-7-2-1-3-8-18/h1-14H,15H2/b21-14+. The highest BCUT2D eigenvalue weighted by atomic mass is 32.2. The lowest BCUT2D eigenvalue weighted by molar-refractivity contribution is -0.113. The van der Waals surface area contributed by atoms with E-state index >= 15 is 0 Å². The SMILES string of the molecule is O=C1/C(=C\c2ccc(OCc3ccccc3F)cc2)SC(=S)N1c1ccccc1. The molecular weight excluding hydrogens is 405 g/mol. The van der Waals surface area contributed by atoms with E-state index in [1.807, 2.05) is 48.5 Å². The molecule has 1 fully saturated rings. The first-order valence-electron chi connectivity index (χ1n) is 8.91. The molecule has 1 aliphatic heterocycles. The van der Waals surface area contributed by atoms with Gasteiger partial charge < -0.3 is 4.74 Å². The Morgan fingerprint density at radius 1 is 0.966 bits per heavy atom. The van der Waals surface area contributed by atoms with Crippen LogP contribution in [0.15, 0.2) is 83.8 Å². The number of ether oxygens (including phenoxy) is 1. The zero-order valence-corrected chi connectivity index (χ0v) is 16.9. The van der Waals surface area contributed by atoms with Gasteiger partial charge in [0, 0.05) is 5.56 Å². The molecule has 4 rings (SSSR count). The lowest BCUT2D eigenvalue weighted by atomic mass is 10.2. The molecule has 1 heterocycles. The van der Waals surface area contributed by atoms with Crippen LogP contribution in [0.1, 0.15) is 11.1 Å². The summed E-state index contributed by atoms with van der Waals surface area (Å²) in [5.74, 6) is 0.206. The smallest absolute Gasteiger partial charge is 0.270 e. The van der Waals surface area contributed by atoms with E-state index in [9.17, 15) is 9.18 Å². The van der Waals surface area contributed by atoms with Crippen LogP contribution in [0.25, 0.3) is 6.08 Å². The van der Waals surface area contributed by atoms with Crippen molar-refractivity contribution < 1.29 is 13.9 Å². The van der Waals surface area contributed by atoms with E-state index in [1.54, 1.807) is 30.3 Å². The van der Waals surface area contributed by atoms with E-state index < -0.39 is 0 Å². The number of carbonyl (C=O) groups is 1. The predicted molar refractivity (Wildman–Crippen MR) is 119 cm³/mol. The predicted octanol–water partition coefficient (Wildman–Crippen LogP) is 5.81. The summed E-state index contributed by atoms with van der Waals surface area (Å²) in [4.78, 5) is 14.9. The zero-order valence-electron chi connectivity index (χ0n) is 15.2. The van der Waals surface area contributed by atoms with E-state index in [2.05, 4.69) is 0 Å². The number of thiocarbonyl (C=S) groups is 1. The van der Waals surface area contributed by atoms with Crippen LogP contribution in [-0.4, -0.2) is 10.2 Å². The molecule has 0 unspecified atom stereocenters. The van der Waals surface area contributed by atoms with E-state index in [0.29, 0.717) is 20.5 Å². The van der Waals surface area contributed by atoms with Gasteiger partial charge in [-0.2, -0.15) is 0 Å². The Bertz CT molecular complexity index is 1080. The molecule has 144 valence electrons. The Morgan fingerprint density at radius 3 is 2.38 bits per heavy atom. The summed E-state index contributed by atoms with van der Waals surface area (Å²) < 4.78 is 19.8. The highest BCUT2D eigenvalue weighted by Crippen LogP contribution is 2.36. The van der Waals surface area contributed by atoms with Crippen molar-refractivity contribution in [3.63, 3.8) is 0 Å². The number of amides is 1. The Balaban J connectivity index is 1.45. The number of rotatable bonds is 5. The molecule has 3 aromatic carbocycles. The maximum absolute atomic E-state index is 13.7. The number of carbonyl (C=O) groups excluding carboxylic acids is 1. The van der Waals surface area contributed by atoms with Gasteiger partial charge in [-0.05, 0) is 42.0 Å². The second-order valence-corrected chi connectivity index (χ2v) is 7.98. The van der Waals surface area contributed by atoms with Crippen LogP contribution in [-0.2, 0) is 11.4 Å². The summed E-state index contributed by atoms with van der Waals surface area (Å²) in [5.41, 5.74) is 2.12. The second-order valence-electron chi connectivity index (χ2n) is 6.30. The molecule has 0 bridgehead atoms. The number of hydrogen-bond donors (Lipinski definition) is 0. The minimum absolute atomic E-state index is 0.133. The Labute approximate surface area is 177 Å². The number of halogens is 1. The molecule has 29 heavy (non-hydrogen) atoms. The third-order valence-electron chi connectivity index (χ3n) is 4.34. The van der Waals surface area contributed by atoms with E-state index in [0.717, 1.165) is 11.3 Å². The fraction of sp³-hybridized carbons (Fsp3) is 0.0435. The number of para-hydroxylation sites is 1. The lowest BCUT2D eigenvalue weighted by Crippen LogP contribution is -2.27. The van der Waals surface area contributed by atoms with Gasteiger partial charge in [-0.25, -0.2) is 4.39 Å². The van der Waals surface area contributed by atoms with Gasteiger partial charge in [0.25, 0.3) is 5.91 Å². The fourth-order valence-electron chi connectivity index (χ4n) is 2.86. The van der Waals surface area contributed by atoms with Crippen LogP contribution in [0.5, 0.6) is 5.75 Å². The molecule has 0 N–H and O–H groups in total. The van der Waals surface area contributed by atoms with Gasteiger partial charge in [0.2, 0.25) is 0 Å². The van der Waals surface area contributed by atoms with Crippen LogP contribution in [0, 0.1) is 5.82 Å². The normalized spacial score (nSPS) is 15.2. The second kappa shape index (κ2) is 8.59. The van der Waals surface area contributed by atoms with Crippen molar-refractivity contribution in [2.75, 3.05) is 4.90 Å². The first-order chi connectivity index (χ1) is 14.1. The minimum Gasteiger partial charge on any atom is -0.489 e. The van der Waals surface area contributed by atoms with Crippen molar-refractivity contribution in [1.29, 1.82) is 0 Å². The average Bonchev–Trinajstić information content (AvgIpc) is 3.02. The molecule has 6 heteroatoms. The molecule has 0 spiro atoms. The molecule has 3 nitrogen and oxygen atoms in total. The molecule has 0 radical (unpaired) electrons. The van der Waals surface area contributed by atoms with Crippen LogP contribution in [0.4, 0.5) is 10.1 Å². The Hall–Kier alpha value is -2.96. The van der Waals surface area contributed by atoms with Crippen LogP contribution in [0.2, 0.25) is 0 Å². The van der Waals surface area contributed by atoms with Crippen molar-refractivity contribution in [3.05, 3.63) is 101 Å². The maximum Gasteiger partial charge on any atom is 0.270 e. The van der Waals surface area contributed by atoms with Crippen molar-refractivity contribution in [2.45, 2.75) is 6.61 Å². The summed E-state index contributed by atoms with van der Waals surface area (Å²) >= 11 is 6.66. The number of hydrogen-bond acceptors (Lipinski definition) is 4. The Kier molecular flexibility index (Phi) is 5.74. The quantitative estimate of drug-likeness (QED) is 0.384. The number of thioether (sulfide) groups is 1.